The molecular formula is C36H28BN4Pd-3. The Kier molecular flexibility index (Phi) is 6.39. The molecular weight excluding hydrogens is 606 g/mol. The Bertz CT molecular complexity index is 1920. The van der Waals surface area contributed by atoms with Gasteiger partial charge in [0.15, 0.2) is 0 Å². The molecule has 1 aromatic heterocycles. The van der Waals surface area contributed by atoms with Gasteiger partial charge in [0.2, 0.25) is 0 Å². The number of aromatic nitrogens is 1. The van der Waals surface area contributed by atoms with Crippen molar-refractivity contribution in [2.45, 2.75) is 20.8 Å². The number of hydrogen-bond acceptors (Lipinski definition) is 4. The van der Waals surface area contributed by atoms with Gasteiger partial charge < -0.3 is 19.6 Å². The van der Waals surface area contributed by atoms with Crippen molar-refractivity contribution < 1.29 is 20.4 Å². The molecule has 208 valence electrons. The van der Waals surface area contributed by atoms with Gasteiger partial charge in [-0.2, -0.15) is 12.7 Å². The summed E-state index contributed by atoms with van der Waals surface area (Å²) in [6, 6.07) is 38.4. The van der Waals surface area contributed by atoms with E-state index in [0.29, 0.717) is 0 Å². The van der Waals surface area contributed by atoms with Gasteiger partial charge >= 0.3 is 6.85 Å². The van der Waals surface area contributed by atoms with Gasteiger partial charge in [0, 0.05) is 32.3 Å². The standard InChI is InChI=1S/C36H28BN4.Pd/c1-23-17-18-38-34(19-23)26-13-15-30-28-9-5-7-11-32(28)37-33-12-8-6-10-29(33)31-16-14-27(21-36(31)41(37)35(30)20-26)40-22-39(4)24(2)25(40)3;/h5-19,22H,1-4H3;/q-3;. The number of fused-ring (bicyclic) bond motifs is 11. The fourth-order valence-corrected chi connectivity index (χ4v) is 6.54. The largest absolute Gasteiger partial charge is 0.508 e. The van der Waals surface area contributed by atoms with Crippen LogP contribution >= 0.6 is 0 Å². The van der Waals surface area contributed by atoms with Gasteiger partial charge in [0.1, 0.15) is 0 Å². The molecule has 0 amide bonds. The van der Waals surface area contributed by atoms with Crippen LogP contribution in [0.15, 0.2) is 103 Å². The quantitative estimate of drug-likeness (QED) is 0.160. The summed E-state index contributed by atoms with van der Waals surface area (Å²) in [6.45, 7) is 8.58. The van der Waals surface area contributed by atoms with E-state index in [0.717, 1.165) is 28.3 Å². The van der Waals surface area contributed by atoms with Gasteiger partial charge in [-0.1, -0.05) is 99.2 Å². The summed E-state index contributed by atoms with van der Waals surface area (Å²) < 4.78 is 0. The van der Waals surface area contributed by atoms with Gasteiger partial charge in [-0.3, -0.25) is 0 Å². The maximum absolute atomic E-state index is 4.70. The smallest absolute Gasteiger partial charge is 0.324 e. The molecule has 5 aromatic rings. The van der Waals surface area contributed by atoms with Crippen LogP contribution in [-0.4, -0.2) is 23.8 Å². The molecule has 0 bridgehead atoms. The molecule has 4 aromatic carbocycles. The van der Waals surface area contributed by atoms with Gasteiger partial charge in [-0.05, 0) is 45.3 Å². The van der Waals surface area contributed by atoms with E-state index in [9.17, 15) is 0 Å². The van der Waals surface area contributed by atoms with Crippen molar-refractivity contribution in [1.82, 2.24) is 9.88 Å². The van der Waals surface area contributed by atoms with Crippen LogP contribution in [0.3, 0.4) is 0 Å². The third-order valence-corrected chi connectivity index (χ3v) is 8.82. The van der Waals surface area contributed by atoms with Crippen LogP contribution in [0.5, 0.6) is 0 Å². The number of nitrogens with zero attached hydrogens (tertiary/aromatic N) is 4. The first kappa shape index (κ1) is 26.8. The Morgan fingerprint density at radius 2 is 1.36 bits per heavy atom. The molecule has 3 aliphatic heterocycles. The normalized spacial score (nSPS) is 14.6. The van der Waals surface area contributed by atoms with E-state index in [1.165, 1.54) is 50.1 Å². The van der Waals surface area contributed by atoms with Crippen LogP contribution in [0.25, 0.3) is 33.5 Å². The number of allylic oxidation sites excluding steroid dienone is 2. The second-order valence-corrected chi connectivity index (χ2v) is 11.2. The number of rotatable bonds is 2. The molecule has 0 radical (unpaired) electrons. The van der Waals surface area contributed by atoms with E-state index in [1.54, 1.807) is 0 Å². The first-order valence-electron chi connectivity index (χ1n) is 14.1. The number of hydrogen-bond donors (Lipinski definition) is 0. The molecule has 0 unspecified atom stereocenters. The van der Waals surface area contributed by atoms with E-state index in [1.807, 2.05) is 12.3 Å². The average molecular weight is 634 g/mol. The Labute approximate surface area is 262 Å². The van der Waals surface area contributed by atoms with E-state index < -0.39 is 0 Å². The van der Waals surface area contributed by atoms with Gasteiger partial charge in [-0.25, -0.2) is 0 Å². The predicted molar refractivity (Wildman–Crippen MR) is 169 cm³/mol. The zero-order valence-electron chi connectivity index (χ0n) is 23.9. The van der Waals surface area contributed by atoms with Crippen LogP contribution in [0, 0.1) is 25.7 Å². The minimum atomic E-state index is 0. The molecule has 0 saturated heterocycles. The molecule has 0 N–H and O–H groups in total. The molecule has 8 rings (SSSR count). The summed E-state index contributed by atoms with van der Waals surface area (Å²) in [4.78, 5) is 11.6. The van der Waals surface area contributed by atoms with Crippen molar-refractivity contribution in [1.29, 1.82) is 0 Å². The molecule has 0 atom stereocenters. The van der Waals surface area contributed by atoms with Gasteiger partial charge in [0.25, 0.3) is 0 Å². The van der Waals surface area contributed by atoms with Gasteiger partial charge in [0.05, 0.1) is 0 Å². The van der Waals surface area contributed by atoms with Crippen LogP contribution in [0.4, 0.5) is 17.1 Å². The summed E-state index contributed by atoms with van der Waals surface area (Å²) in [5.74, 6) is 0. The number of aryl methyl sites for hydroxylation is 1. The number of benzene rings is 4. The fourth-order valence-electron chi connectivity index (χ4n) is 6.54. The predicted octanol–water partition coefficient (Wildman–Crippen LogP) is 6.68. The monoisotopic (exact) mass is 633 g/mol. The average Bonchev–Trinajstić information content (AvgIpc) is 3.27. The fraction of sp³-hybridized carbons (Fsp3) is 0.111. The first-order valence-corrected chi connectivity index (χ1v) is 14.1. The third kappa shape index (κ3) is 3.90. The van der Waals surface area contributed by atoms with Crippen molar-refractivity contribution in [2.75, 3.05) is 16.8 Å². The first-order chi connectivity index (χ1) is 20.0. The van der Waals surface area contributed by atoms with Crippen LogP contribution in [-0.2, 0) is 20.4 Å². The van der Waals surface area contributed by atoms with Crippen molar-refractivity contribution in [3.63, 3.8) is 0 Å². The SMILES string of the molecule is CC1=C(C)N(c2[c-]c3c(cc2)-c2ccccc2B2c4ccccc4-c4ccc(-c5cc(C)ccn5)[c-]c4N23)[CH-]N1C.[Pd]. The summed E-state index contributed by atoms with van der Waals surface area (Å²) in [5.41, 5.74) is 16.2. The molecule has 0 fully saturated rings. The second-order valence-electron chi connectivity index (χ2n) is 11.2. The van der Waals surface area contributed by atoms with Crippen LogP contribution in [0.1, 0.15) is 19.4 Å². The Balaban J connectivity index is 0.00000288. The third-order valence-electron chi connectivity index (χ3n) is 8.82. The molecule has 0 spiro atoms. The maximum Gasteiger partial charge on any atom is 0.324 e. The molecule has 0 aliphatic carbocycles. The zero-order valence-corrected chi connectivity index (χ0v) is 25.5. The molecule has 4 nitrogen and oxygen atoms in total. The molecule has 6 heteroatoms. The van der Waals surface area contributed by atoms with Crippen molar-refractivity contribution in [3.8, 4) is 33.5 Å². The Hall–Kier alpha value is -4.10. The number of anilines is 3. The van der Waals surface area contributed by atoms with Crippen molar-refractivity contribution >= 4 is 34.8 Å². The Morgan fingerprint density at radius 1 is 0.714 bits per heavy atom. The summed E-state index contributed by atoms with van der Waals surface area (Å²) >= 11 is 0. The summed E-state index contributed by atoms with van der Waals surface area (Å²) in [5, 5.41) is 0. The van der Waals surface area contributed by atoms with Crippen molar-refractivity contribution in [2.24, 2.45) is 0 Å². The van der Waals surface area contributed by atoms with E-state index in [4.69, 9.17) is 4.98 Å². The molecule has 3 aliphatic rings. The van der Waals surface area contributed by atoms with Crippen LogP contribution in [0.2, 0.25) is 0 Å². The summed E-state index contributed by atoms with van der Waals surface area (Å²) in [6.07, 6.45) is 1.88. The maximum atomic E-state index is 4.70. The van der Waals surface area contributed by atoms with E-state index >= 15 is 0 Å². The van der Waals surface area contributed by atoms with E-state index in [-0.39, 0.29) is 27.3 Å². The molecule has 4 heterocycles. The minimum absolute atomic E-state index is 0. The summed E-state index contributed by atoms with van der Waals surface area (Å²) in [7, 11) is 2.09. The zero-order chi connectivity index (χ0) is 27.8. The molecule has 42 heavy (non-hydrogen) atoms. The molecule has 0 saturated carbocycles. The van der Waals surface area contributed by atoms with E-state index in [2.05, 4.69) is 140 Å². The van der Waals surface area contributed by atoms with Gasteiger partial charge in [-0.15, -0.1) is 47.1 Å². The topological polar surface area (TPSA) is 22.6 Å². The van der Waals surface area contributed by atoms with Crippen LogP contribution < -0.4 is 20.6 Å². The Morgan fingerprint density at radius 3 is 2.00 bits per heavy atom. The van der Waals surface area contributed by atoms with Crippen molar-refractivity contribution in [3.05, 3.63) is 127 Å². The second kappa shape index (κ2) is 10.0. The minimum Gasteiger partial charge on any atom is -0.508 e. The number of pyridine rings is 1.